The molecule has 1 rings (SSSR count). The number of carbonyl (C=O) groups excluding carboxylic acids is 1. The lowest BCUT2D eigenvalue weighted by molar-refractivity contribution is 0.0600. The molecule has 3 nitrogen and oxygen atoms in total. The van der Waals surface area contributed by atoms with E-state index in [1.807, 2.05) is 19.1 Å². The summed E-state index contributed by atoms with van der Waals surface area (Å²) in [7, 11) is 1.40. The van der Waals surface area contributed by atoms with Gasteiger partial charge in [0.05, 0.1) is 12.7 Å². The second-order valence-corrected chi connectivity index (χ2v) is 4.56. The second kappa shape index (κ2) is 7.04. The highest BCUT2D eigenvalue weighted by molar-refractivity contribution is 5.90. The fraction of sp³-hybridized carbons (Fsp3) is 0.533. The van der Waals surface area contributed by atoms with Gasteiger partial charge < -0.3 is 10.1 Å². The minimum absolute atomic E-state index is 0.287. The molecule has 0 aromatic heterocycles. The highest BCUT2D eigenvalue weighted by Gasteiger charge is 2.10. The number of hydrogen-bond acceptors (Lipinski definition) is 3. The van der Waals surface area contributed by atoms with Crippen molar-refractivity contribution in [3.63, 3.8) is 0 Å². The van der Waals surface area contributed by atoms with Gasteiger partial charge in [0.15, 0.2) is 0 Å². The van der Waals surface area contributed by atoms with Crippen LogP contribution in [0.25, 0.3) is 0 Å². The lowest BCUT2D eigenvalue weighted by Gasteiger charge is -2.19. The summed E-state index contributed by atoms with van der Waals surface area (Å²) in [5, 5.41) is 3.53. The summed E-state index contributed by atoms with van der Waals surface area (Å²) in [4.78, 5) is 11.4. The fourth-order valence-electron chi connectivity index (χ4n) is 2.02. The van der Waals surface area contributed by atoms with E-state index in [1.165, 1.54) is 13.5 Å². The first-order chi connectivity index (χ1) is 8.62. The van der Waals surface area contributed by atoms with Crippen LogP contribution in [-0.4, -0.2) is 19.1 Å². The first-order valence-corrected chi connectivity index (χ1v) is 6.57. The van der Waals surface area contributed by atoms with Crippen molar-refractivity contribution in [2.45, 2.75) is 46.1 Å². The molecular weight excluding hydrogens is 226 g/mol. The molecular formula is C15H23NO2. The van der Waals surface area contributed by atoms with Crippen molar-refractivity contribution in [3.05, 3.63) is 29.3 Å². The Hall–Kier alpha value is -1.51. The Balaban J connectivity index is 2.82. The zero-order chi connectivity index (χ0) is 13.5. The van der Waals surface area contributed by atoms with Gasteiger partial charge in [-0.2, -0.15) is 0 Å². The third-order valence-electron chi connectivity index (χ3n) is 3.14. The number of carbonyl (C=O) groups is 1. The summed E-state index contributed by atoms with van der Waals surface area (Å²) in [6.45, 7) is 6.39. The van der Waals surface area contributed by atoms with E-state index in [9.17, 15) is 4.79 Å². The molecule has 0 saturated heterocycles. The number of anilines is 1. The van der Waals surface area contributed by atoms with Crippen LogP contribution in [0.15, 0.2) is 18.2 Å². The van der Waals surface area contributed by atoms with Crippen molar-refractivity contribution >= 4 is 11.7 Å². The quantitative estimate of drug-likeness (QED) is 0.780. The first kappa shape index (κ1) is 14.6. The van der Waals surface area contributed by atoms with Crippen LogP contribution in [0.3, 0.4) is 0 Å². The van der Waals surface area contributed by atoms with Crippen LogP contribution in [0.5, 0.6) is 0 Å². The molecule has 0 aliphatic rings. The first-order valence-electron chi connectivity index (χ1n) is 6.57. The largest absolute Gasteiger partial charge is 0.465 e. The van der Waals surface area contributed by atoms with Crippen molar-refractivity contribution in [2.24, 2.45) is 0 Å². The normalized spacial score (nSPS) is 12.0. The van der Waals surface area contributed by atoms with Gasteiger partial charge in [-0.1, -0.05) is 20.3 Å². The van der Waals surface area contributed by atoms with Crippen molar-refractivity contribution in [1.82, 2.24) is 0 Å². The van der Waals surface area contributed by atoms with Gasteiger partial charge in [-0.15, -0.1) is 0 Å². The Morgan fingerprint density at radius 2 is 2.11 bits per heavy atom. The topological polar surface area (TPSA) is 38.3 Å². The molecule has 0 fully saturated rings. The van der Waals surface area contributed by atoms with Gasteiger partial charge in [-0.3, -0.25) is 0 Å². The van der Waals surface area contributed by atoms with E-state index in [0.717, 1.165) is 24.1 Å². The van der Waals surface area contributed by atoms with Crippen molar-refractivity contribution in [2.75, 3.05) is 12.4 Å². The number of rotatable bonds is 6. The average molecular weight is 249 g/mol. The molecule has 1 atom stereocenters. The van der Waals surface area contributed by atoms with E-state index >= 15 is 0 Å². The maximum atomic E-state index is 11.4. The van der Waals surface area contributed by atoms with Crippen LogP contribution in [0.1, 0.15) is 49.0 Å². The summed E-state index contributed by atoms with van der Waals surface area (Å²) >= 11 is 0. The second-order valence-electron chi connectivity index (χ2n) is 4.56. The smallest absolute Gasteiger partial charge is 0.337 e. The van der Waals surface area contributed by atoms with Crippen molar-refractivity contribution in [1.29, 1.82) is 0 Å². The maximum absolute atomic E-state index is 11.4. The number of benzene rings is 1. The van der Waals surface area contributed by atoms with Gasteiger partial charge in [0.2, 0.25) is 0 Å². The van der Waals surface area contributed by atoms with Crippen LogP contribution >= 0.6 is 0 Å². The number of ether oxygens (including phenoxy) is 1. The predicted octanol–water partition coefficient (Wildman–Crippen LogP) is 3.77. The molecule has 0 radical (unpaired) electrons. The molecule has 0 aliphatic carbocycles. The molecule has 0 saturated carbocycles. The minimum Gasteiger partial charge on any atom is -0.465 e. The lowest BCUT2D eigenvalue weighted by Crippen LogP contribution is -2.18. The number of esters is 1. The highest BCUT2D eigenvalue weighted by Crippen LogP contribution is 2.20. The van der Waals surface area contributed by atoms with E-state index in [2.05, 4.69) is 19.2 Å². The lowest BCUT2D eigenvalue weighted by atomic mass is 10.1. The van der Waals surface area contributed by atoms with Gasteiger partial charge in [0.25, 0.3) is 0 Å². The fourth-order valence-corrected chi connectivity index (χ4v) is 2.02. The zero-order valence-corrected chi connectivity index (χ0v) is 11.7. The van der Waals surface area contributed by atoms with Crippen molar-refractivity contribution < 1.29 is 9.53 Å². The molecule has 0 amide bonds. The number of hydrogen-bond donors (Lipinski definition) is 1. The van der Waals surface area contributed by atoms with Crippen LogP contribution in [-0.2, 0) is 4.74 Å². The molecule has 0 spiro atoms. The van der Waals surface area contributed by atoms with Crippen LogP contribution in [0, 0.1) is 6.92 Å². The van der Waals surface area contributed by atoms with E-state index in [0.29, 0.717) is 11.6 Å². The molecule has 100 valence electrons. The maximum Gasteiger partial charge on any atom is 0.337 e. The van der Waals surface area contributed by atoms with E-state index < -0.39 is 0 Å². The Kier molecular flexibility index (Phi) is 5.69. The standard InChI is InChI=1S/C15H23NO2/c1-5-7-13(6-2)16-14-9-8-12(10-11(14)3)15(17)18-4/h8-10,13,16H,5-7H2,1-4H3. The van der Waals surface area contributed by atoms with Crippen LogP contribution < -0.4 is 5.32 Å². The monoisotopic (exact) mass is 249 g/mol. The Bertz CT molecular complexity index is 401. The SMILES string of the molecule is CCCC(CC)Nc1ccc(C(=O)OC)cc1C. The molecule has 18 heavy (non-hydrogen) atoms. The Morgan fingerprint density at radius 3 is 2.61 bits per heavy atom. The molecule has 0 heterocycles. The molecule has 3 heteroatoms. The number of methoxy groups -OCH3 is 1. The van der Waals surface area contributed by atoms with E-state index in [1.54, 1.807) is 6.07 Å². The Morgan fingerprint density at radius 1 is 1.39 bits per heavy atom. The molecule has 1 aromatic rings. The molecule has 1 N–H and O–H groups in total. The van der Waals surface area contributed by atoms with E-state index in [-0.39, 0.29) is 5.97 Å². The summed E-state index contributed by atoms with van der Waals surface area (Å²) in [5.74, 6) is -0.287. The van der Waals surface area contributed by atoms with Crippen LogP contribution in [0.2, 0.25) is 0 Å². The van der Waals surface area contributed by atoms with Crippen molar-refractivity contribution in [3.8, 4) is 0 Å². The summed E-state index contributed by atoms with van der Waals surface area (Å²) < 4.78 is 4.71. The third kappa shape index (κ3) is 3.76. The van der Waals surface area contributed by atoms with Gasteiger partial charge in [0.1, 0.15) is 0 Å². The Labute approximate surface area is 110 Å². The van der Waals surface area contributed by atoms with Gasteiger partial charge >= 0.3 is 5.97 Å². The zero-order valence-electron chi connectivity index (χ0n) is 11.7. The van der Waals surface area contributed by atoms with Gasteiger partial charge in [-0.25, -0.2) is 4.79 Å². The highest BCUT2D eigenvalue weighted by atomic mass is 16.5. The number of aryl methyl sites for hydroxylation is 1. The number of nitrogens with one attached hydrogen (secondary N) is 1. The minimum atomic E-state index is -0.287. The summed E-state index contributed by atoms with van der Waals surface area (Å²) in [6.07, 6.45) is 3.44. The summed E-state index contributed by atoms with van der Waals surface area (Å²) in [5.41, 5.74) is 2.78. The molecule has 1 unspecified atom stereocenters. The molecule has 0 bridgehead atoms. The molecule has 1 aromatic carbocycles. The third-order valence-corrected chi connectivity index (χ3v) is 3.14. The summed E-state index contributed by atoms with van der Waals surface area (Å²) in [6, 6.07) is 6.13. The van der Waals surface area contributed by atoms with Gasteiger partial charge in [0, 0.05) is 11.7 Å². The predicted molar refractivity (Wildman–Crippen MR) is 75.1 cm³/mol. The van der Waals surface area contributed by atoms with Gasteiger partial charge in [-0.05, 0) is 43.5 Å². The van der Waals surface area contributed by atoms with Crippen LogP contribution in [0.4, 0.5) is 5.69 Å². The van der Waals surface area contributed by atoms with E-state index in [4.69, 9.17) is 4.74 Å². The molecule has 0 aliphatic heterocycles. The average Bonchev–Trinajstić information content (AvgIpc) is 2.39.